The van der Waals surface area contributed by atoms with Crippen molar-refractivity contribution in [2.24, 2.45) is 5.92 Å². The van der Waals surface area contributed by atoms with E-state index < -0.39 is 0 Å². The summed E-state index contributed by atoms with van der Waals surface area (Å²) in [5.41, 5.74) is 4.74. The van der Waals surface area contributed by atoms with Crippen LogP contribution in [0.25, 0.3) is 0 Å². The molecule has 2 atom stereocenters. The quantitative estimate of drug-likeness (QED) is 0.849. The predicted molar refractivity (Wildman–Crippen MR) is 112 cm³/mol. The Bertz CT molecular complexity index is 829. The highest BCUT2D eigenvalue weighted by Gasteiger charge is 2.34. The van der Waals surface area contributed by atoms with Gasteiger partial charge in [0.25, 0.3) is 0 Å². The van der Waals surface area contributed by atoms with Crippen LogP contribution in [0.4, 0.5) is 0 Å². The fourth-order valence-electron chi connectivity index (χ4n) is 4.01. The Morgan fingerprint density at radius 2 is 1.82 bits per heavy atom. The Labute approximate surface area is 167 Å². The summed E-state index contributed by atoms with van der Waals surface area (Å²) >= 11 is 0. The van der Waals surface area contributed by atoms with Crippen molar-refractivity contribution >= 4 is 11.8 Å². The van der Waals surface area contributed by atoms with Gasteiger partial charge < -0.3 is 10.2 Å². The van der Waals surface area contributed by atoms with Crippen LogP contribution in [0, 0.1) is 12.8 Å². The number of piperidine rings is 1. The van der Waals surface area contributed by atoms with E-state index in [1.807, 2.05) is 30.0 Å². The van der Waals surface area contributed by atoms with Gasteiger partial charge in [-0.2, -0.15) is 0 Å². The maximum absolute atomic E-state index is 12.7. The van der Waals surface area contributed by atoms with Gasteiger partial charge in [0, 0.05) is 20.0 Å². The Hall–Kier alpha value is -2.62. The van der Waals surface area contributed by atoms with Crippen LogP contribution >= 0.6 is 0 Å². The highest BCUT2D eigenvalue weighted by atomic mass is 16.2. The molecule has 2 aromatic carbocycles. The third kappa shape index (κ3) is 4.80. The molecule has 1 saturated heterocycles. The summed E-state index contributed by atoms with van der Waals surface area (Å²) in [5.74, 6) is -0.0897. The van der Waals surface area contributed by atoms with Crippen molar-refractivity contribution in [3.8, 4) is 0 Å². The fourth-order valence-corrected chi connectivity index (χ4v) is 4.01. The van der Waals surface area contributed by atoms with Crippen LogP contribution in [0.15, 0.2) is 48.5 Å². The first kappa shape index (κ1) is 20.1. The summed E-state index contributed by atoms with van der Waals surface area (Å²) in [6.07, 6.45) is 2.61. The smallest absolute Gasteiger partial charge is 0.225 e. The Morgan fingerprint density at radius 1 is 1.07 bits per heavy atom. The van der Waals surface area contributed by atoms with Gasteiger partial charge in [-0.25, -0.2) is 0 Å². The molecule has 1 aliphatic rings. The molecule has 0 bridgehead atoms. The Morgan fingerprint density at radius 3 is 2.46 bits per heavy atom. The first-order valence-corrected chi connectivity index (χ1v) is 10.2. The summed E-state index contributed by atoms with van der Waals surface area (Å²) in [6.45, 7) is 6.79. The number of hydrogen-bond donors (Lipinski definition) is 1. The van der Waals surface area contributed by atoms with Crippen LogP contribution in [-0.2, 0) is 22.6 Å². The van der Waals surface area contributed by atoms with E-state index in [0.717, 1.165) is 30.4 Å². The number of carbonyl (C=O) groups excluding carboxylic acids is 2. The molecule has 4 nitrogen and oxygen atoms in total. The number of nitrogens with one attached hydrogen (secondary N) is 1. The standard InChI is InChI=1S/C24H30N2O2/c1-4-19-8-10-21(11-9-19)23-13-12-22(16-26(23)18(3)27)24(28)25-15-20-7-5-6-17(2)14-20/h5-11,14,22-23H,4,12-13,15-16H2,1-3H3,(H,25,28)/t22-,23+/m1/s1. The second kappa shape index (κ2) is 9.05. The number of benzene rings is 2. The number of aryl methyl sites for hydroxylation is 2. The van der Waals surface area contributed by atoms with Gasteiger partial charge in [-0.3, -0.25) is 9.59 Å². The predicted octanol–water partition coefficient (Wildman–Crippen LogP) is 4.17. The normalized spacial score (nSPS) is 19.3. The van der Waals surface area contributed by atoms with Gasteiger partial charge in [-0.15, -0.1) is 0 Å². The third-order valence-electron chi connectivity index (χ3n) is 5.68. The maximum atomic E-state index is 12.7. The molecule has 0 saturated carbocycles. The van der Waals surface area contributed by atoms with Crippen LogP contribution in [0.5, 0.6) is 0 Å². The molecular weight excluding hydrogens is 348 g/mol. The molecule has 2 amide bonds. The van der Waals surface area contributed by atoms with E-state index in [-0.39, 0.29) is 23.8 Å². The van der Waals surface area contributed by atoms with Crippen LogP contribution in [0.3, 0.4) is 0 Å². The average molecular weight is 379 g/mol. The molecule has 28 heavy (non-hydrogen) atoms. The lowest BCUT2D eigenvalue weighted by Gasteiger charge is -2.39. The van der Waals surface area contributed by atoms with Crippen molar-refractivity contribution in [2.45, 2.75) is 52.6 Å². The van der Waals surface area contributed by atoms with Crippen molar-refractivity contribution in [1.82, 2.24) is 10.2 Å². The lowest BCUT2D eigenvalue weighted by Crippen LogP contribution is -2.46. The zero-order valence-electron chi connectivity index (χ0n) is 17.1. The monoisotopic (exact) mass is 378 g/mol. The van der Waals surface area contributed by atoms with E-state index in [4.69, 9.17) is 0 Å². The third-order valence-corrected chi connectivity index (χ3v) is 5.68. The Kier molecular flexibility index (Phi) is 6.50. The van der Waals surface area contributed by atoms with E-state index in [0.29, 0.717) is 13.1 Å². The minimum absolute atomic E-state index is 0.0285. The van der Waals surface area contributed by atoms with Crippen molar-refractivity contribution in [2.75, 3.05) is 6.54 Å². The molecule has 4 heteroatoms. The van der Waals surface area contributed by atoms with Gasteiger partial charge in [0.1, 0.15) is 0 Å². The summed E-state index contributed by atoms with van der Waals surface area (Å²) in [4.78, 5) is 26.8. The average Bonchev–Trinajstić information content (AvgIpc) is 2.71. The first-order valence-electron chi connectivity index (χ1n) is 10.2. The second-order valence-corrected chi connectivity index (χ2v) is 7.76. The van der Waals surface area contributed by atoms with E-state index in [9.17, 15) is 9.59 Å². The SMILES string of the molecule is CCc1ccc([C@@H]2CC[C@@H](C(=O)NCc3cccc(C)c3)CN2C(C)=O)cc1. The molecule has 148 valence electrons. The lowest BCUT2D eigenvalue weighted by atomic mass is 9.88. The van der Waals surface area contributed by atoms with Crippen molar-refractivity contribution < 1.29 is 9.59 Å². The summed E-state index contributed by atoms with van der Waals surface area (Å²) < 4.78 is 0. The van der Waals surface area contributed by atoms with Gasteiger partial charge in [0.05, 0.1) is 12.0 Å². The highest BCUT2D eigenvalue weighted by Crippen LogP contribution is 2.33. The van der Waals surface area contributed by atoms with Gasteiger partial charge in [-0.1, -0.05) is 61.0 Å². The zero-order valence-corrected chi connectivity index (χ0v) is 17.1. The number of rotatable bonds is 5. The molecule has 0 aliphatic carbocycles. The molecule has 1 N–H and O–H groups in total. The molecule has 1 heterocycles. The van der Waals surface area contributed by atoms with Crippen LogP contribution < -0.4 is 5.32 Å². The molecule has 1 fully saturated rings. The topological polar surface area (TPSA) is 49.4 Å². The molecule has 1 aliphatic heterocycles. The summed E-state index contributed by atoms with van der Waals surface area (Å²) in [5, 5.41) is 3.05. The number of likely N-dealkylation sites (tertiary alicyclic amines) is 1. The molecular formula is C24H30N2O2. The molecule has 3 rings (SSSR count). The van der Waals surface area contributed by atoms with Crippen molar-refractivity contribution in [3.63, 3.8) is 0 Å². The molecule has 0 spiro atoms. The van der Waals surface area contributed by atoms with Crippen molar-refractivity contribution in [3.05, 3.63) is 70.8 Å². The zero-order chi connectivity index (χ0) is 20.1. The fraction of sp³-hybridized carbons (Fsp3) is 0.417. The van der Waals surface area contributed by atoms with Gasteiger partial charge in [-0.05, 0) is 42.9 Å². The second-order valence-electron chi connectivity index (χ2n) is 7.76. The number of hydrogen-bond acceptors (Lipinski definition) is 2. The van der Waals surface area contributed by atoms with E-state index in [2.05, 4.69) is 42.6 Å². The Balaban J connectivity index is 1.64. The van der Waals surface area contributed by atoms with E-state index in [1.54, 1.807) is 6.92 Å². The highest BCUT2D eigenvalue weighted by molar-refractivity contribution is 5.81. The minimum Gasteiger partial charge on any atom is -0.352 e. The minimum atomic E-state index is -0.153. The van der Waals surface area contributed by atoms with E-state index in [1.165, 1.54) is 11.1 Å². The first-order chi connectivity index (χ1) is 13.5. The molecule has 0 aromatic heterocycles. The van der Waals surface area contributed by atoms with E-state index >= 15 is 0 Å². The number of nitrogens with zero attached hydrogens (tertiary/aromatic N) is 1. The summed E-state index contributed by atoms with van der Waals surface area (Å²) in [6, 6.07) is 16.7. The van der Waals surface area contributed by atoms with Crippen molar-refractivity contribution in [1.29, 1.82) is 0 Å². The van der Waals surface area contributed by atoms with Crippen LogP contribution in [0.2, 0.25) is 0 Å². The van der Waals surface area contributed by atoms with Crippen LogP contribution in [-0.4, -0.2) is 23.3 Å². The summed E-state index contributed by atoms with van der Waals surface area (Å²) in [7, 11) is 0. The lowest BCUT2D eigenvalue weighted by molar-refractivity contribution is -0.137. The van der Waals surface area contributed by atoms with Gasteiger partial charge in [0.15, 0.2) is 0 Å². The molecule has 2 aromatic rings. The number of amides is 2. The molecule has 0 unspecified atom stereocenters. The largest absolute Gasteiger partial charge is 0.352 e. The van der Waals surface area contributed by atoms with Crippen LogP contribution in [0.1, 0.15) is 55.0 Å². The van der Waals surface area contributed by atoms with Gasteiger partial charge in [0.2, 0.25) is 11.8 Å². The number of carbonyl (C=O) groups is 2. The van der Waals surface area contributed by atoms with Gasteiger partial charge >= 0.3 is 0 Å². The maximum Gasteiger partial charge on any atom is 0.225 e. The molecule has 0 radical (unpaired) electrons.